The fourth-order valence-electron chi connectivity index (χ4n) is 3.72. The van der Waals surface area contributed by atoms with Crippen LogP contribution in [0.2, 0.25) is 0 Å². The molecule has 23 heavy (non-hydrogen) atoms. The summed E-state index contributed by atoms with van der Waals surface area (Å²) in [6.07, 6.45) is -1.00. The molecule has 0 aromatic rings. The van der Waals surface area contributed by atoms with Crippen molar-refractivity contribution >= 4 is 12.0 Å². The summed E-state index contributed by atoms with van der Waals surface area (Å²) >= 11 is 0. The van der Waals surface area contributed by atoms with Crippen molar-refractivity contribution in [3.8, 4) is 0 Å². The normalized spacial score (nSPS) is 27.1. The molecular formula is C16H30N4O3. The van der Waals surface area contributed by atoms with Crippen LogP contribution in [0.25, 0.3) is 0 Å². The molecule has 2 fully saturated rings. The van der Waals surface area contributed by atoms with Crippen LogP contribution in [0.5, 0.6) is 0 Å². The summed E-state index contributed by atoms with van der Waals surface area (Å²) in [5.74, 6) is -0.0490. The summed E-state index contributed by atoms with van der Waals surface area (Å²) in [6, 6.07) is 0. The van der Waals surface area contributed by atoms with Gasteiger partial charge in [-0.2, -0.15) is 0 Å². The first kappa shape index (κ1) is 18.0. The summed E-state index contributed by atoms with van der Waals surface area (Å²) < 4.78 is 0. The Morgan fingerprint density at radius 2 is 1.74 bits per heavy atom. The Morgan fingerprint density at radius 3 is 2.22 bits per heavy atom. The SMILES string of the molecule is CCN1CCN(C(=O)O)[C@](C(=O)N2CCNCC2)(C(C)(C)C)C1. The van der Waals surface area contributed by atoms with Crippen LogP contribution in [0.15, 0.2) is 0 Å². The minimum Gasteiger partial charge on any atom is -0.465 e. The molecule has 2 saturated heterocycles. The van der Waals surface area contributed by atoms with Gasteiger partial charge in [-0.15, -0.1) is 0 Å². The van der Waals surface area contributed by atoms with Gasteiger partial charge >= 0.3 is 6.09 Å². The zero-order valence-electron chi connectivity index (χ0n) is 14.8. The second-order valence-electron chi connectivity index (χ2n) is 7.46. The van der Waals surface area contributed by atoms with Gasteiger partial charge in [0.15, 0.2) is 0 Å². The van der Waals surface area contributed by atoms with Crippen LogP contribution >= 0.6 is 0 Å². The first-order valence-electron chi connectivity index (χ1n) is 8.47. The van der Waals surface area contributed by atoms with E-state index in [-0.39, 0.29) is 5.91 Å². The first-order chi connectivity index (χ1) is 10.7. The van der Waals surface area contributed by atoms with Crippen molar-refractivity contribution in [2.75, 3.05) is 52.4 Å². The van der Waals surface area contributed by atoms with Crippen LogP contribution < -0.4 is 5.32 Å². The smallest absolute Gasteiger partial charge is 0.408 e. The number of piperazine rings is 2. The van der Waals surface area contributed by atoms with Gasteiger partial charge in [0.05, 0.1) is 0 Å². The predicted octanol–water partition coefficient (Wildman–Crippen LogP) is 0.519. The minimum atomic E-state index is -1.04. The Labute approximate surface area is 138 Å². The molecule has 7 heteroatoms. The highest BCUT2D eigenvalue weighted by molar-refractivity contribution is 5.91. The van der Waals surface area contributed by atoms with Gasteiger partial charge in [-0.25, -0.2) is 4.79 Å². The summed E-state index contributed by atoms with van der Waals surface area (Å²) in [7, 11) is 0. The van der Waals surface area contributed by atoms with Crippen LogP contribution in [-0.2, 0) is 4.79 Å². The first-order valence-corrected chi connectivity index (χ1v) is 8.47. The van der Waals surface area contributed by atoms with Crippen LogP contribution in [0.1, 0.15) is 27.7 Å². The molecule has 0 radical (unpaired) electrons. The number of carbonyl (C=O) groups excluding carboxylic acids is 1. The van der Waals surface area contributed by atoms with Gasteiger partial charge in [0.2, 0.25) is 0 Å². The summed E-state index contributed by atoms with van der Waals surface area (Å²) in [6.45, 7) is 13.1. The lowest BCUT2D eigenvalue weighted by Crippen LogP contribution is -2.75. The van der Waals surface area contributed by atoms with Gasteiger partial charge in [-0.1, -0.05) is 27.7 Å². The van der Waals surface area contributed by atoms with Crippen LogP contribution in [0, 0.1) is 5.41 Å². The Kier molecular flexibility index (Phi) is 5.20. The highest BCUT2D eigenvalue weighted by Gasteiger charge is 2.58. The molecule has 0 unspecified atom stereocenters. The summed E-state index contributed by atoms with van der Waals surface area (Å²) in [4.78, 5) is 30.8. The van der Waals surface area contributed by atoms with E-state index in [4.69, 9.17) is 0 Å². The van der Waals surface area contributed by atoms with Gasteiger partial charge in [0.25, 0.3) is 5.91 Å². The van der Waals surface area contributed by atoms with E-state index in [1.165, 1.54) is 4.90 Å². The molecule has 2 aliphatic heterocycles. The lowest BCUT2D eigenvalue weighted by atomic mass is 9.69. The molecule has 0 bridgehead atoms. The van der Waals surface area contributed by atoms with Gasteiger partial charge in [0.1, 0.15) is 5.54 Å². The van der Waals surface area contributed by atoms with Gasteiger partial charge in [0, 0.05) is 45.8 Å². The molecule has 2 amide bonds. The second-order valence-corrected chi connectivity index (χ2v) is 7.46. The van der Waals surface area contributed by atoms with Crippen LogP contribution in [0.3, 0.4) is 0 Å². The zero-order chi connectivity index (χ0) is 17.3. The quantitative estimate of drug-likeness (QED) is 0.774. The number of hydrogen-bond acceptors (Lipinski definition) is 4. The highest BCUT2D eigenvalue weighted by Crippen LogP contribution is 2.40. The van der Waals surface area contributed by atoms with E-state index in [1.807, 2.05) is 25.7 Å². The largest absolute Gasteiger partial charge is 0.465 e. The molecule has 132 valence electrons. The Balaban J connectivity index is 2.45. The number of amides is 2. The van der Waals surface area contributed by atoms with E-state index >= 15 is 0 Å². The van der Waals surface area contributed by atoms with Gasteiger partial charge < -0.3 is 15.3 Å². The maximum Gasteiger partial charge on any atom is 0.408 e. The highest BCUT2D eigenvalue weighted by atomic mass is 16.4. The predicted molar refractivity (Wildman–Crippen MR) is 88.5 cm³/mol. The monoisotopic (exact) mass is 326 g/mol. The third-order valence-corrected chi connectivity index (χ3v) is 5.23. The second kappa shape index (κ2) is 6.65. The van der Waals surface area contributed by atoms with Crippen molar-refractivity contribution in [3.63, 3.8) is 0 Å². The standard InChI is InChI=1S/C16H30N4O3/c1-5-18-10-11-20(14(22)23)16(12-18,15(2,3)4)13(21)19-8-6-17-7-9-19/h17H,5-12H2,1-4H3,(H,22,23)/t16-/m1/s1. The molecule has 7 nitrogen and oxygen atoms in total. The molecule has 2 heterocycles. The Morgan fingerprint density at radius 1 is 1.13 bits per heavy atom. The van der Waals surface area contributed by atoms with Crippen LogP contribution in [0.4, 0.5) is 4.79 Å². The number of nitrogens with zero attached hydrogens (tertiary/aromatic N) is 3. The van der Waals surface area contributed by atoms with Crippen molar-refractivity contribution < 1.29 is 14.7 Å². The fraction of sp³-hybridized carbons (Fsp3) is 0.875. The lowest BCUT2D eigenvalue weighted by Gasteiger charge is -2.56. The van der Waals surface area contributed by atoms with Crippen molar-refractivity contribution in [1.29, 1.82) is 0 Å². The average molecular weight is 326 g/mol. The molecule has 0 aromatic carbocycles. The third-order valence-electron chi connectivity index (χ3n) is 5.23. The number of carboxylic acid groups (broad SMARTS) is 1. The molecule has 0 aliphatic carbocycles. The number of nitrogens with one attached hydrogen (secondary N) is 1. The van der Waals surface area contributed by atoms with E-state index in [2.05, 4.69) is 17.1 Å². The maximum absolute atomic E-state index is 13.5. The van der Waals surface area contributed by atoms with Gasteiger partial charge in [-0.3, -0.25) is 14.6 Å². The molecule has 2 rings (SSSR count). The van der Waals surface area contributed by atoms with Crippen molar-refractivity contribution in [3.05, 3.63) is 0 Å². The van der Waals surface area contributed by atoms with Gasteiger partial charge in [-0.05, 0) is 12.0 Å². The van der Waals surface area contributed by atoms with E-state index in [1.54, 1.807) is 0 Å². The number of carbonyl (C=O) groups is 2. The van der Waals surface area contributed by atoms with E-state index in [0.29, 0.717) is 32.7 Å². The van der Waals surface area contributed by atoms with Crippen LogP contribution in [-0.4, -0.2) is 89.7 Å². The zero-order valence-corrected chi connectivity index (χ0v) is 14.8. The maximum atomic E-state index is 13.5. The molecule has 2 aliphatic rings. The van der Waals surface area contributed by atoms with Crippen molar-refractivity contribution in [2.24, 2.45) is 5.41 Å². The topological polar surface area (TPSA) is 76.1 Å². The molecule has 2 N–H and O–H groups in total. The third kappa shape index (κ3) is 3.17. The fourth-order valence-corrected chi connectivity index (χ4v) is 3.72. The number of rotatable bonds is 2. The average Bonchev–Trinajstić information content (AvgIpc) is 2.53. The van der Waals surface area contributed by atoms with E-state index < -0.39 is 17.0 Å². The van der Waals surface area contributed by atoms with Crippen molar-refractivity contribution in [1.82, 2.24) is 20.0 Å². The lowest BCUT2D eigenvalue weighted by molar-refractivity contribution is -0.158. The molecule has 0 saturated carbocycles. The molecule has 0 aromatic heterocycles. The van der Waals surface area contributed by atoms with Crippen molar-refractivity contribution in [2.45, 2.75) is 33.2 Å². The van der Waals surface area contributed by atoms with E-state index in [0.717, 1.165) is 19.6 Å². The molecule has 1 atom stereocenters. The van der Waals surface area contributed by atoms with E-state index in [9.17, 15) is 14.7 Å². The Bertz CT molecular complexity index is 457. The summed E-state index contributed by atoms with van der Waals surface area (Å²) in [5.41, 5.74) is -1.52. The molecule has 0 spiro atoms. The molecular weight excluding hydrogens is 296 g/mol. The number of hydrogen-bond donors (Lipinski definition) is 2. The number of likely N-dealkylation sites (N-methyl/N-ethyl adjacent to an activating group) is 1. The minimum absolute atomic E-state index is 0.0490. The Hall–Kier alpha value is -1.34. The summed E-state index contributed by atoms with van der Waals surface area (Å²) in [5, 5.41) is 13.0.